The van der Waals surface area contributed by atoms with E-state index in [1.165, 1.54) is 0 Å². The average molecular weight is 1230 g/mol. The van der Waals surface area contributed by atoms with Crippen molar-refractivity contribution in [1.29, 1.82) is 0 Å². The molecule has 88 heavy (non-hydrogen) atoms. The standard InChI is InChI=1S/C14H16N2O5.C14H14N2O5.C11H12N2O2.C11H9NO3.C4H4O5.C3H4O3.CH4/c15-10(12(17)18)6-14(21,13(19)20)5-8-7-16-11-4-2-1-3-9(8)11;15-14(13(20)21,6-11(17)12(18)19)5-8-7-16-10-4-2-1-3-9(8)10;12-9(11(14)15)5-7-6-13-10-4-2-1-3-8(7)10;13-10(11(14)15)5-7-6-12-9-4-2-1-3-8(7)9;5-2(4(8)9)1-3(6)7;1-2(4)3(5)6;/h1-4,7,10,16,21H,5-6,15H2,(H,17,18)(H,19,20);1-4,7,16H,5-6,15H2,(H,18,19)(H,20,21);1-4,6,9,13H,5,12H2,(H,14,15);1-4,6,12H,5H2,(H,14,15);1H2,(H,6,7)(H,8,9);1H3,(H,5,6);1H4/p+1. The van der Waals surface area contributed by atoms with Crippen LogP contribution in [0.25, 0.3) is 43.6 Å². The minimum absolute atomic E-state index is 0. The Labute approximate surface area is 497 Å². The van der Waals surface area contributed by atoms with Crippen molar-refractivity contribution < 1.29 is 115 Å². The zero-order chi connectivity index (χ0) is 65.5. The first-order valence-electron chi connectivity index (χ1n) is 25.1. The molecule has 468 valence electrons. The van der Waals surface area contributed by atoms with E-state index in [1.54, 1.807) is 42.9 Å². The Morgan fingerprint density at radius 2 is 0.807 bits per heavy atom. The molecular formula is C58H64N7O23+. The molecule has 0 saturated carbocycles. The lowest BCUT2D eigenvalue weighted by atomic mass is 9.87. The molecule has 0 radical (unpaired) electrons. The number of ketones is 4. The van der Waals surface area contributed by atoms with E-state index in [0.29, 0.717) is 17.5 Å². The molecule has 20 N–H and O–H groups in total. The van der Waals surface area contributed by atoms with Gasteiger partial charge in [0.05, 0.1) is 0 Å². The lowest BCUT2D eigenvalue weighted by Crippen LogP contribution is -2.52. The van der Waals surface area contributed by atoms with Crippen LogP contribution in [0.4, 0.5) is 0 Å². The molecule has 30 nitrogen and oxygen atoms in total. The molecule has 4 aromatic heterocycles. The van der Waals surface area contributed by atoms with Crippen molar-refractivity contribution in [1.82, 2.24) is 19.9 Å². The van der Waals surface area contributed by atoms with E-state index in [0.717, 1.165) is 61.7 Å². The molecule has 0 fully saturated rings. The Balaban J connectivity index is 0.000000552. The summed E-state index contributed by atoms with van der Waals surface area (Å²) in [5, 5.41) is 90.2. The van der Waals surface area contributed by atoms with Crippen molar-refractivity contribution in [3.63, 3.8) is 0 Å². The summed E-state index contributed by atoms with van der Waals surface area (Å²) in [7, 11) is 0. The molecule has 0 bridgehead atoms. The van der Waals surface area contributed by atoms with Crippen LogP contribution in [-0.4, -0.2) is 171 Å². The highest BCUT2D eigenvalue weighted by Gasteiger charge is 2.41. The van der Waals surface area contributed by atoms with E-state index >= 15 is 0 Å². The molecule has 8 aromatic rings. The van der Waals surface area contributed by atoms with Gasteiger partial charge in [-0.15, -0.1) is 0 Å². The summed E-state index contributed by atoms with van der Waals surface area (Å²) in [6.45, 7) is 1.00. The van der Waals surface area contributed by atoms with Crippen LogP contribution in [0.1, 0.15) is 57.3 Å². The van der Waals surface area contributed by atoms with Crippen molar-refractivity contribution in [2.24, 2.45) is 17.2 Å². The number of aromatic amines is 4. The van der Waals surface area contributed by atoms with E-state index < -0.39 is 119 Å². The molecule has 0 saturated heterocycles. The molecule has 4 aromatic carbocycles. The van der Waals surface area contributed by atoms with Crippen molar-refractivity contribution in [2.45, 2.75) is 82.5 Å². The molecule has 4 heterocycles. The predicted molar refractivity (Wildman–Crippen MR) is 312 cm³/mol. The first kappa shape index (κ1) is 72.9. The lowest BCUT2D eigenvalue weighted by molar-refractivity contribution is -0.161. The number of para-hydroxylation sites is 4. The smallest absolute Gasteiger partial charge is 0.481 e. The van der Waals surface area contributed by atoms with E-state index in [9.17, 15) is 77.6 Å². The van der Waals surface area contributed by atoms with E-state index in [1.807, 2.05) is 79.0 Å². The number of carboxylic acids is 9. The molecule has 0 aliphatic carbocycles. The minimum atomic E-state index is -2.23. The minimum Gasteiger partial charge on any atom is -0.481 e. The van der Waals surface area contributed by atoms with Crippen LogP contribution in [0.3, 0.4) is 0 Å². The molecule has 4 atom stereocenters. The van der Waals surface area contributed by atoms with Gasteiger partial charge in [0.1, 0.15) is 24.0 Å². The number of carbonyl (C=O) groups excluding carboxylic acids is 4. The first-order valence-corrected chi connectivity index (χ1v) is 25.1. The second-order valence-corrected chi connectivity index (χ2v) is 18.9. The van der Waals surface area contributed by atoms with E-state index in [2.05, 4.69) is 19.9 Å². The summed E-state index contributed by atoms with van der Waals surface area (Å²) in [5.41, 5.74) is 18.8. The second kappa shape index (κ2) is 33.3. The third-order valence-electron chi connectivity index (χ3n) is 12.3. The van der Waals surface area contributed by atoms with Gasteiger partial charge in [0.2, 0.25) is 17.3 Å². The summed E-state index contributed by atoms with van der Waals surface area (Å²) in [6.07, 6.45) is 4.31. The molecule has 0 aliphatic rings. The Morgan fingerprint density at radius 3 is 1.14 bits per heavy atom. The van der Waals surface area contributed by atoms with Crippen molar-refractivity contribution in [3.05, 3.63) is 144 Å². The van der Waals surface area contributed by atoms with Crippen molar-refractivity contribution in [2.75, 3.05) is 0 Å². The summed E-state index contributed by atoms with van der Waals surface area (Å²) in [6, 6.07) is 27.4. The number of Topliss-reactive ketones (excluding diaryl/α,β-unsaturated/α-hetero) is 4. The van der Waals surface area contributed by atoms with Crippen LogP contribution in [0.2, 0.25) is 0 Å². The number of rotatable bonds is 22. The lowest BCUT2D eigenvalue weighted by Gasteiger charge is -2.24. The number of aliphatic hydroxyl groups is 1. The largest absolute Gasteiger partial charge is 1.00 e. The first-order chi connectivity index (χ1) is 40.7. The highest BCUT2D eigenvalue weighted by Crippen LogP contribution is 2.27. The van der Waals surface area contributed by atoms with Gasteiger partial charge >= 0.3 is 55.2 Å². The molecule has 8 rings (SSSR count). The number of hydrogen-bond acceptors (Lipinski definition) is 17. The normalized spacial score (nSPS) is 12.3. The number of fused-ring (bicyclic) bond motifs is 4. The van der Waals surface area contributed by atoms with Crippen LogP contribution in [0.15, 0.2) is 122 Å². The molecular weight excluding hydrogens is 1160 g/mol. The van der Waals surface area contributed by atoms with Crippen LogP contribution in [-0.2, 0) is 88.0 Å². The molecule has 0 amide bonds. The number of H-pyrrole nitrogens is 4. The fraction of sp³-hybridized carbons (Fsp3) is 0.224. The van der Waals surface area contributed by atoms with Crippen LogP contribution < -0.4 is 17.2 Å². The number of nitrogens with one attached hydrogen (secondary N) is 4. The topological polar surface area (TPSA) is 565 Å². The molecule has 0 spiro atoms. The maximum absolute atomic E-state index is 11.4. The number of nitrogens with two attached hydrogens (primary N) is 3. The number of aromatic nitrogens is 4. The summed E-state index contributed by atoms with van der Waals surface area (Å²) >= 11 is 0. The average Bonchev–Trinajstić information content (AvgIpc) is 1.89. The van der Waals surface area contributed by atoms with Gasteiger partial charge in [-0.1, -0.05) is 80.2 Å². The zero-order valence-corrected chi connectivity index (χ0v) is 45.7. The highest BCUT2D eigenvalue weighted by atomic mass is 16.4. The number of carbonyl (C=O) groups is 13. The fourth-order valence-corrected chi connectivity index (χ4v) is 7.84. The number of aliphatic carboxylic acids is 9. The van der Waals surface area contributed by atoms with Crippen LogP contribution in [0.5, 0.6) is 0 Å². The summed E-state index contributed by atoms with van der Waals surface area (Å²) in [4.78, 5) is 148. The Kier molecular flexibility index (Phi) is 27.6. The molecule has 30 heteroatoms. The number of hydrogen-bond donors (Lipinski definition) is 17. The predicted octanol–water partition coefficient (Wildman–Crippen LogP) is 2.87. The maximum atomic E-state index is 11.4. The third kappa shape index (κ3) is 21.8. The zero-order valence-electron chi connectivity index (χ0n) is 46.7. The van der Waals surface area contributed by atoms with Gasteiger partial charge in [-0.25, -0.2) is 24.0 Å². The second-order valence-electron chi connectivity index (χ2n) is 18.9. The van der Waals surface area contributed by atoms with E-state index in [4.69, 9.17) is 52.9 Å². The van der Waals surface area contributed by atoms with Crippen molar-refractivity contribution >= 4 is 120 Å². The van der Waals surface area contributed by atoms with Crippen molar-refractivity contribution in [3.8, 4) is 0 Å². The number of benzene rings is 4. The van der Waals surface area contributed by atoms with Gasteiger partial charge in [0.15, 0.2) is 5.60 Å². The highest BCUT2D eigenvalue weighted by molar-refractivity contribution is 6.36. The SMILES string of the molecule is C.CC(=O)C(=O)O.NC(CC(=O)C(=O)O)(Cc1c[nH]c2ccccc12)C(=O)O.NC(CC(O)(Cc1c[nH]c2ccccc12)C(=O)O)C(=O)O.NC(Cc1c[nH]c2ccccc12)C(=O)O.O=C(O)C(=O)Cc1c[nH]c2ccccc12.O=C(O)CC(=O)C(=O)O.[H+]. The molecule has 0 aliphatic heterocycles. The van der Waals surface area contributed by atoms with Gasteiger partial charge < -0.3 is 88.2 Å². The van der Waals surface area contributed by atoms with Gasteiger partial charge in [-0.3, -0.25) is 38.4 Å². The number of carboxylic acid groups (broad SMARTS) is 9. The van der Waals surface area contributed by atoms with Gasteiger partial charge in [0, 0.05) is 114 Å². The molecule has 4 unspecified atom stereocenters. The maximum Gasteiger partial charge on any atom is 1.00 e. The Hall–Kier alpha value is -11.2. The van der Waals surface area contributed by atoms with Gasteiger partial charge in [0.25, 0.3) is 5.78 Å². The van der Waals surface area contributed by atoms with Gasteiger partial charge in [-0.05, 0) is 46.5 Å². The Morgan fingerprint density at radius 1 is 0.466 bits per heavy atom. The quantitative estimate of drug-likeness (QED) is 0.0342. The van der Waals surface area contributed by atoms with Gasteiger partial charge in [-0.2, -0.15) is 0 Å². The summed E-state index contributed by atoms with van der Waals surface area (Å²) in [5.74, 6) is -17.0. The third-order valence-corrected chi connectivity index (χ3v) is 12.3. The van der Waals surface area contributed by atoms with Crippen LogP contribution in [0, 0.1) is 0 Å². The monoisotopic (exact) mass is 1230 g/mol. The summed E-state index contributed by atoms with van der Waals surface area (Å²) < 4.78 is 0. The van der Waals surface area contributed by atoms with E-state index in [-0.39, 0.29) is 28.1 Å². The fourth-order valence-electron chi connectivity index (χ4n) is 7.84. The van der Waals surface area contributed by atoms with Crippen LogP contribution >= 0.6 is 0 Å². The Bertz CT molecular complexity index is 3850.